The molecule has 1 aliphatic heterocycles. The Labute approximate surface area is 299 Å². The molecule has 53 heavy (non-hydrogen) atoms. The van der Waals surface area contributed by atoms with Gasteiger partial charge in [0, 0.05) is 24.5 Å². The summed E-state index contributed by atoms with van der Waals surface area (Å²) in [5.74, 6) is -9.96. The highest BCUT2D eigenvalue weighted by atomic mass is 16.6. The number of methoxy groups -OCH3 is 1. The summed E-state index contributed by atoms with van der Waals surface area (Å²) < 4.78 is 21.5. The van der Waals surface area contributed by atoms with Gasteiger partial charge in [0.2, 0.25) is 12.2 Å². The quantitative estimate of drug-likeness (QED) is 0.0449. The molecule has 4 aromatic rings. The van der Waals surface area contributed by atoms with Gasteiger partial charge in [0.15, 0.2) is 46.0 Å². The number of carboxylic acids is 1. The van der Waals surface area contributed by atoms with Crippen molar-refractivity contribution in [1.29, 1.82) is 0 Å². The number of ether oxygens (including phenoxy) is 4. The Morgan fingerprint density at radius 1 is 0.698 bits per heavy atom. The molecule has 0 saturated heterocycles. The lowest BCUT2D eigenvalue weighted by Gasteiger charge is -2.22. The van der Waals surface area contributed by atoms with Crippen molar-refractivity contribution in [2.45, 2.75) is 37.1 Å². The standard InChI is InChI=1S/C37H32O16/c1-50-36(48)29(15-18-3-8-22(39)26(43)13-18)51-30(45)11-6-19-4-10-24(41)34-31(19)32(33(53-34)20-5-9-23(40)27(44)16-20)37(49)52-28(35(46)47)14-17-2-7-21(38)25(42)12-17/h2-13,16,28-29,32-33,38-44H,14-15H2,1H3,(H,46,47)/t28-,29-,32+,33-/m1/s1. The summed E-state index contributed by atoms with van der Waals surface area (Å²) in [6.45, 7) is 0. The van der Waals surface area contributed by atoms with E-state index in [1.807, 2.05) is 0 Å². The van der Waals surface area contributed by atoms with Gasteiger partial charge in [0.05, 0.1) is 7.11 Å². The van der Waals surface area contributed by atoms with E-state index in [1.165, 1.54) is 48.5 Å². The van der Waals surface area contributed by atoms with Crippen LogP contribution in [-0.2, 0) is 46.2 Å². The van der Waals surface area contributed by atoms with Crippen molar-refractivity contribution in [3.8, 4) is 46.0 Å². The van der Waals surface area contributed by atoms with Crippen molar-refractivity contribution in [1.82, 2.24) is 0 Å². The summed E-state index contributed by atoms with van der Waals surface area (Å²) >= 11 is 0. The first-order chi connectivity index (χ1) is 25.2. The molecule has 8 N–H and O–H groups in total. The molecule has 4 aromatic carbocycles. The van der Waals surface area contributed by atoms with Crippen molar-refractivity contribution in [2.75, 3.05) is 7.11 Å². The molecule has 1 aliphatic rings. The molecular formula is C37H32O16. The minimum Gasteiger partial charge on any atom is -0.504 e. The fraction of sp³-hybridized carbons (Fsp3) is 0.189. The zero-order chi connectivity index (χ0) is 38.6. The maximum Gasteiger partial charge on any atom is 0.347 e. The highest BCUT2D eigenvalue weighted by Crippen LogP contribution is 2.53. The molecule has 0 spiro atoms. The number of carbonyl (C=O) groups excluding carboxylic acids is 3. The highest BCUT2D eigenvalue weighted by molar-refractivity contribution is 5.92. The maximum absolute atomic E-state index is 14.0. The number of phenols is 7. The number of hydrogen-bond acceptors (Lipinski definition) is 15. The van der Waals surface area contributed by atoms with E-state index < -0.39 is 94.8 Å². The van der Waals surface area contributed by atoms with Crippen LogP contribution in [0.25, 0.3) is 6.08 Å². The molecule has 0 aliphatic carbocycles. The van der Waals surface area contributed by atoms with Crippen LogP contribution in [0.2, 0.25) is 0 Å². The number of aliphatic carboxylic acids is 1. The second-order valence-corrected chi connectivity index (χ2v) is 11.8. The lowest BCUT2D eigenvalue weighted by molar-refractivity contribution is -0.166. The zero-order valence-electron chi connectivity index (χ0n) is 27.6. The number of phenolic OH excluding ortho intramolecular Hbond substituents is 7. The normalized spacial score (nSPS) is 15.9. The molecule has 16 heteroatoms. The SMILES string of the molecule is COC(=O)[C@@H](Cc1ccc(O)c(O)c1)OC(=O)C=Cc1ccc(O)c2c1[C@H](C(=O)O[C@H](Cc1ccc(O)c(O)c1)C(=O)O)[C@@H](c1ccc(O)c(O)c1)O2. The Hall–Kier alpha value is -7.10. The molecule has 0 radical (unpaired) electrons. The van der Waals surface area contributed by atoms with Crippen LogP contribution in [0.5, 0.6) is 46.0 Å². The van der Waals surface area contributed by atoms with Gasteiger partial charge in [-0.3, -0.25) is 4.79 Å². The predicted octanol–water partition coefficient (Wildman–Crippen LogP) is 3.42. The van der Waals surface area contributed by atoms with Gasteiger partial charge in [-0.15, -0.1) is 0 Å². The average molecular weight is 733 g/mol. The van der Waals surface area contributed by atoms with Crippen molar-refractivity contribution < 1.29 is 79.0 Å². The van der Waals surface area contributed by atoms with E-state index in [2.05, 4.69) is 0 Å². The molecule has 0 aromatic heterocycles. The molecule has 0 unspecified atom stereocenters. The number of fused-ring (bicyclic) bond motifs is 1. The Morgan fingerprint density at radius 3 is 1.79 bits per heavy atom. The van der Waals surface area contributed by atoms with Gasteiger partial charge in [-0.25, -0.2) is 14.4 Å². The Morgan fingerprint density at radius 2 is 1.25 bits per heavy atom. The third-order valence-corrected chi connectivity index (χ3v) is 8.23. The van der Waals surface area contributed by atoms with E-state index in [9.17, 15) is 60.0 Å². The minimum atomic E-state index is -1.83. The van der Waals surface area contributed by atoms with Crippen molar-refractivity contribution >= 4 is 30.0 Å². The Kier molecular flexibility index (Phi) is 10.8. The van der Waals surface area contributed by atoms with Gasteiger partial charge in [0.1, 0.15) is 12.0 Å². The van der Waals surface area contributed by atoms with E-state index in [0.29, 0.717) is 5.56 Å². The molecule has 0 amide bonds. The van der Waals surface area contributed by atoms with Crippen LogP contribution in [0.3, 0.4) is 0 Å². The summed E-state index contributed by atoms with van der Waals surface area (Å²) in [7, 11) is 1.07. The van der Waals surface area contributed by atoms with E-state index in [-0.39, 0.29) is 34.4 Å². The van der Waals surface area contributed by atoms with Gasteiger partial charge in [0.25, 0.3) is 0 Å². The molecular weight excluding hydrogens is 700 g/mol. The highest BCUT2D eigenvalue weighted by Gasteiger charge is 2.46. The lowest BCUT2D eigenvalue weighted by Crippen LogP contribution is -2.33. The zero-order valence-corrected chi connectivity index (χ0v) is 27.6. The fourth-order valence-corrected chi connectivity index (χ4v) is 5.61. The van der Waals surface area contributed by atoms with E-state index in [1.54, 1.807) is 0 Å². The fourth-order valence-electron chi connectivity index (χ4n) is 5.61. The van der Waals surface area contributed by atoms with Gasteiger partial charge < -0.3 is 59.8 Å². The van der Waals surface area contributed by atoms with Crippen LogP contribution < -0.4 is 4.74 Å². The summed E-state index contributed by atoms with van der Waals surface area (Å²) in [6.07, 6.45) is -3.31. The number of benzene rings is 4. The number of esters is 3. The van der Waals surface area contributed by atoms with Gasteiger partial charge in [-0.2, -0.15) is 0 Å². The van der Waals surface area contributed by atoms with Crippen LogP contribution in [0.4, 0.5) is 0 Å². The number of rotatable bonds is 12. The summed E-state index contributed by atoms with van der Waals surface area (Å²) in [5, 5.41) is 79.8. The molecule has 16 nitrogen and oxygen atoms in total. The first-order valence-corrected chi connectivity index (χ1v) is 15.6. The van der Waals surface area contributed by atoms with E-state index >= 15 is 0 Å². The lowest BCUT2D eigenvalue weighted by atomic mass is 9.87. The third kappa shape index (κ3) is 8.28. The van der Waals surface area contributed by atoms with E-state index in [4.69, 9.17) is 18.9 Å². The second kappa shape index (κ2) is 15.4. The van der Waals surface area contributed by atoms with Crippen LogP contribution in [0.15, 0.2) is 72.8 Å². The maximum atomic E-state index is 14.0. The summed E-state index contributed by atoms with van der Waals surface area (Å²) in [6, 6.07) is 13.3. The molecule has 1 heterocycles. The molecule has 0 fully saturated rings. The van der Waals surface area contributed by atoms with Gasteiger partial charge >= 0.3 is 23.9 Å². The number of carboxylic acid groups (broad SMARTS) is 1. The molecule has 4 atom stereocenters. The molecule has 5 rings (SSSR count). The largest absolute Gasteiger partial charge is 0.504 e. The Balaban J connectivity index is 1.48. The minimum absolute atomic E-state index is 0.0629. The van der Waals surface area contributed by atoms with Crippen molar-refractivity contribution in [3.63, 3.8) is 0 Å². The topological polar surface area (TPSA) is 267 Å². The first-order valence-electron chi connectivity index (χ1n) is 15.6. The van der Waals surface area contributed by atoms with Gasteiger partial charge in [-0.1, -0.05) is 24.3 Å². The number of aromatic hydroxyl groups is 7. The third-order valence-electron chi connectivity index (χ3n) is 8.23. The smallest absolute Gasteiger partial charge is 0.347 e. The number of hydrogen-bond donors (Lipinski definition) is 8. The van der Waals surface area contributed by atoms with E-state index in [0.717, 1.165) is 37.5 Å². The molecule has 276 valence electrons. The molecule has 0 saturated carbocycles. The van der Waals surface area contributed by atoms with Crippen LogP contribution in [0, 0.1) is 0 Å². The average Bonchev–Trinajstić information content (AvgIpc) is 3.53. The Bertz CT molecular complexity index is 2100. The van der Waals surface area contributed by atoms with Gasteiger partial charge in [-0.05, 0) is 70.8 Å². The van der Waals surface area contributed by atoms with Crippen molar-refractivity contribution in [3.05, 3.63) is 101 Å². The number of carbonyl (C=O) groups is 4. The van der Waals surface area contributed by atoms with Crippen LogP contribution >= 0.6 is 0 Å². The monoisotopic (exact) mass is 732 g/mol. The predicted molar refractivity (Wildman–Crippen MR) is 179 cm³/mol. The van der Waals surface area contributed by atoms with Crippen LogP contribution in [-0.4, -0.2) is 84.0 Å². The first kappa shape index (κ1) is 37.2. The molecule has 0 bridgehead atoms. The summed E-state index contributed by atoms with van der Waals surface area (Å²) in [4.78, 5) is 51.7. The van der Waals surface area contributed by atoms with Crippen LogP contribution in [0.1, 0.15) is 39.8 Å². The summed E-state index contributed by atoms with van der Waals surface area (Å²) in [5.41, 5.74) is 0.623. The second-order valence-electron chi connectivity index (χ2n) is 11.8. The van der Waals surface area contributed by atoms with Crippen molar-refractivity contribution in [2.24, 2.45) is 0 Å².